The van der Waals surface area contributed by atoms with Gasteiger partial charge in [-0.2, -0.15) is 4.98 Å². The second-order valence-corrected chi connectivity index (χ2v) is 4.02. The summed E-state index contributed by atoms with van der Waals surface area (Å²) in [4.78, 5) is 4.22. The quantitative estimate of drug-likeness (QED) is 0.787. The highest BCUT2D eigenvalue weighted by Crippen LogP contribution is 2.22. The molecule has 1 saturated carbocycles. The fourth-order valence-electron chi connectivity index (χ4n) is 1.61. The van der Waals surface area contributed by atoms with E-state index in [0.717, 1.165) is 31.5 Å². The first-order valence-corrected chi connectivity index (χ1v) is 5.46. The first kappa shape index (κ1) is 10.6. The van der Waals surface area contributed by atoms with Crippen molar-refractivity contribution < 1.29 is 9.26 Å². The van der Waals surface area contributed by atoms with Crippen LogP contribution in [0.1, 0.15) is 37.9 Å². The van der Waals surface area contributed by atoms with Crippen LogP contribution in [0.25, 0.3) is 0 Å². The third-order valence-corrected chi connectivity index (χ3v) is 2.56. The topological polar surface area (TPSA) is 74.2 Å². The largest absolute Gasteiger partial charge is 0.368 e. The minimum absolute atomic E-state index is 0.279. The highest BCUT2D eigenvalue weighted by atomic mass is 16.5. The van der Waals surface area contributed by atoms with Crippen molar-refractivity contribution in [2.45, 2.75) is 51.4 Å². The molecule has 5 nitrogen and oxygen atoms in total. The minimum atomic E-state index is 0.279. The minimum Gasteiger partial charge on any atom is -0.368 e. The predicted octanol–water partition coefficient (Wildman–Crippen LogP) is 1.03. The summed E-state index contributed by atoms with van der Waals surface area (Å²) in [6.07, 6.45) is 4.04. The van der Waals surface area contributed by atoms with Crippen molar-refractivity contribution in [1.82, 2.24) is 10.1 Å². The summed E-state index contributed by atoms with van der Waals surface area (Å²) < 4.78 is 10.6. The lowest BCUT2D eigenvalue weighted by Gasteiger charge is -2.31. The Morgan fingerprint density at radius 1 is 1.53 bits per heavy atom. The van der Waals surface area contributed by atoms with E-state index >= 15 is 0 Å². The number of aryl methyl sites for hydroxylation is 1. The van der Waals surface area contributed by atoms with E-state index in [0.29, 0.717) is 18.5 Å². The average molecular weight is 211 g/mol. The molecule has 2 N–H and O–H groups in total. The highest BCUT2D eigenvalue weighted by Gasteiger charge is 2.26. The van der Waals surface area contributed by atoms with E-state index in [-0.39, 0.29) is 6.10 Å². The number of rotatable bonds is 5. The lowest BCUT2D eigenvalue weighted by molar-refractivity contribution is -0.0285. The molecule has 84 valence electrons. The van der Waals surface area contributed by atoms with Crippen LogP contribution in [0.4, 0.5) is 0 Å². The summed E-state index contributed by atoms with van der Waals surface area (Å²) in [6, 6.07) is 0.313. The average Bonchev–Trinajstić information content (AvgIpc) is 2.59. The van der Waals surface area contributed by atoms with Crippen molar-refractivity contribution in [3.63, 3.8) is 0 Å². The lowest BCUT2D eigenvalue weighted by atomic mass is 9.90. The van der Waals surface area contributed by atoms with E-state index in [1.807, 2.05) is 0 Å². The molecule has 1 aromatic rings. The molecule has 15 heavy (non-hydrogen) atoms. The summed E-state index contributed by atoms with van der Waals surface area (Å²) in [5.41, 5.74) is 5.65. The Balaban J connectivity index is 1.73. The third kappa shape index (κ3) is 2.76. The first-order valence-electron chi connectivity index (χ1n) is 5.46. The van der Waals surface area contributed by atoms with Gasteiger partial charge in [-0.1, -0.05) is 12.1 Å². The van der Waals surface area contributed by atoms with Gasteiger partial charge in [0.2, 0.25) is 0 Å². The van der Waals surface area contributed by atoms with Crippen molar-refractivity contribution >= 4 is 0 Å². The van der Waals surface area contributed by atoms with Crippen LogP contribution < -0.4 is 5.73 Å². The van der Waals surface area contributed by atoms with Crippen molar-refractivity contribution in [1.29, 1.82) is 0 Å². The second kappa shape index (κ2) is 4.72. The van der Waals surface area contributed by atoms with Gasteiger partial charge in [0.25, 0.3) is 5.89 Å². The Kier molecular flexibility index (Phi) is 3.33. The van der Waals surface area contributed by atoms with Gasteiger partial charge in [-0.05, 0) is 19.3 Å². The molecule has 2 rings (SSSR count). The molecule has 1 heterocycles. The lowest BCUT2D eigenvalue weighted by Crippen LogP contribution is -2.41. The van der Waals surface area contributed by atoms with Crippen molar-refractivity contribution in [2.75, 3.05) is 0 Å². The van der Waals surface area contributed by atoms with Crippen LogP contribution >= 0.6 is 0 Å². The van der Waals surface area contributed by atoms with Crippen LogP contribution in [0.15, 0.2) is 4.52 Å². The van der Waals surface area contributed by atoms with E-state index < -0.39 is 0 Å². The zero-order chi connectivity index (χ0) is 10.7. The Morgan fingerprint density at radius 3 is 3.00 bits per heavy atom. The Morgan fingerprint density at radius 2 is 2.33 bits per heavy atom. The summed E-state index contributed by atoms with van der Waals surface area (Å²) in [5.74, 6) is 1.33. The van der Waals surface area contributed by atoms with Crippen LogP contribution in [-0.2, 0) is 17.8 Å². The molecule has 0 spiro atoms. The summed E-state index contributed by atoms with van der Waals surface area (Å²) >= 11 is 0. The van der Waals surface area contributed by atoms with E-state index in [1.165, 1.54) is 0 Å². The monoisotopic (exact) mass is 211 g/mol. The first-order chi connectivity index (χ1) is 7.28. The molecule has 1 fully saturated rings. The molecule has 0 saturated heterocycles. The Hall–Kier alpha value is -0.940. The molecule has 1 aliphatic carbocycles. The molecule has 1 aromatic heterocycles. The molecule has 1 aliphatic rings. The van der Waals surface area contributed by atoms with Gasteiger partial charge in [-0.25, -0.2) is 0 Å². The van der Waals surface area contributed by atoms with Gasteiger partial charge in [0, 0.05) is 12.5 Å². The van der Waals surface area contributed by atoms with Gasteiger partial charge >= 0.3 is 0 Å². The number of nitrogens with zero attached hydrogens (tertiary/aromatic N) is 2. The third-order valence-electron chi connectivity index (χ3n) is 2.56. The summed E-state index contributed by atoms with van der Waals surface area (Å²) in [5, 5.41) is 3.85. The van der Waals surface area contributed by atoms with E-state index in [4.69, 9.17) is 15.0 Å². The van der Waals surface area contributed by atoms with E-state index in [1.54, 1.807) is 0 Å². The fraction of sp³-hybridized carbons (Fsp3) is 0.800. The fourth-order valence-corrected chi connectivity index (χ4v) is 1.61. The molecule has 0 bridgehead atoms. The number of ether oxygens (including phenoxy) is 1. The molecule has 0 unspecified atom stereocenters. The molecule has 0 aromatic carbocycles. The van der Waals surface area contributed by atoms with Gasteiger partial charge in [-0.3, -0.25) is 0 Å². The predicted molar refractivity (Wildman–Crippen MR) is 54.1 cm³/mol. The van der Waals surface area contributed by atoms with Crippen molar-refractivity contribution in [3.8, 4) is 0 Å². The van der Waals surface area contributed by atoms with Gasteiger partial charge in [0.05, 0.1) is 6.10 Å². The van der Waals surface area contributed by atoms with Crippen molar-refractivity contribution in [2.24, 2.45) is 5.73 Å². The van der Waals surface area contributed by atoms with Gasteiger partial charge < -0.3 is 15.0 Å². The maximum atomic E-state index is 5.65. The SMILES string of the molecule is CCCc1noc(COC2CC(N)C2)n1. The van der Waals surface area contributed by atoms with Crippen LogP contribution in [-0.4, -0.2) is 22.3 Å². The standard InChI is InChI=1S/C10H17N3O2/c1-2-3-9-12-10(15-13-9)6-14-8-4-7(11)5-8/h7-8H,2-6,11H2,1H3. The molecule has 5 heteroatoms. The zero-order valence-electron chi connectivity index (χ0n) is 8.98. The highest BCUT2D eigenvalue weighted by molar-refractivity contribution is 4.87. The van der Waals surface area contributed by atoms with Gasteiger partial charge in [-0.15, -0.1) is 0 Å². The normalized spacial score (nSPS) is 25.2. The zero-order valence-corrected chi connectivity index (χ0v) is 8.98. The van der Waals surface area contributed by atoms with Crippen LogP contribution in [0.5, 0.6) is 0 Å². The smallest absolute Gasteiger partial charge is 0.252 e. The van der Waals surface area contributed by atoms with Crippen LogP contribution in [0.2, 0.25) is 0 Å². The van der Waals surface area contributed by atoms with E-state index in [2.05, 4.69) is 17.1 Å². The molecule has 0 amide bonds. The molecular weight excluding hydrogens is 194 g/mol. The molecule has 0 atom stereocenters. The summed E-state index contributed by atoms with van der Waals surface area (Å²) in [7, 11) is 0. The number of nitrogens with two attached hydrogens (primary N) is 1. The second-order valence-electron chi connectivity index (χ2n) is 4.02. The van der Waals surface area contributed by atoms with Gasteiger partial charge in [0.15, 0.2) is 5.82 Å². The van der Waals surface area contributed by atoms with Crippen LogP contribution in [0.3, 0.4) is 0 Å². The van der Waals surface area contributed by atoms with E-state index in [9.17, 15) is 0 Å². The van der Waals surface area contributed by atoms with Gasteiger partial charge in [0.1, 0.15) is 6.61 Å². The maximum Gasteiger partial charge on any atom is 0.252 e. The van der Waals surface area contributed by atoms with Crippen LogP contribution in [0, 0.1) is 0 Å². The summed E-state index contributed by atoms with van der Waals surface area (Å²) in [6.45, 7) is 2.50. The number of aromatic nitrogens is 2. The Bertz CT molecular complexity index is 307. The number of hydrogen-bond acceptors (Lipinski definition) is 5. The van der Waals surface area contributed by atoms with Crippen molar-refractivity contribution in [3.05, 3.63) is 11.7 Å². The number of hydrogen-bond donors (Lipinski definition) is 1. The molecule has 0 aliphatic heterocycles. The molecular formula is C10H17N3O2. The molecule has 0 radical (unpaired) electrons. The Labute approximate surface area is 89.0 Å². The maximum absolute atomic E-state index is 5.65.